The zero-order valence-corrected chi connectivity index (χ0v) is 11.6. The molecule has 0 fully saturated rings. The van der Waals surface area contributed by atoms with Gasteiger partial charge in [-0.05, 0) is 24.3 Å². The molecule has 2 rings (SSSR count). The molecule has 0 N–H and O–H groups in total. The number of hydrogen-bond acceptors (Lipinski definition) is 3. The van der Waals surface area contributed by atoms with E-state index in [9.17, 15) is 4.79 Å². The van der Waals surface area contributed by atoms with E-state index in [2.05, 4.69) is 6.07 Å². The van der Waals surface area contributed by atoms with Gasteiger partial charge in [0.15, 0.2) is 5.78 Å². The van der Waals surface area contributed by atoms with Crippen LogP contribution in [0.2, 0.25) is 0 Å². The fraction of sp³-hybridized carbons (Fsp3) is 0.250. The third-order valence-electron chi connectivity index (χ3n) is 3.16. The summed E-state index contributed by atoms with van der Waals surface area (Å²) in [5.41, 5.74) is 2.22. The van der Waals surface area contributed by atoms with E-state index in [4.69, 9.17) is 10.00 Å². The van der Waals surface area contributed by atoms with Crippen LogP contribution in [0.15, 0.2) is 36.7 Å². The minimum absolute atomic E-state index is 0.126. The lowest BCUT2D eigenvalue weighted by atomic mass is 10.1. The molecule has 1 heterocycles. The Morgan fingerprint density at radius 2 is 2.20 bits per heavy atom. The van der Waals surface area contributed by atoms with Gasteiger partial charge < -0.3 is 9.30 Å². The monoisotopic (exact) mass is 268 g/mol. The van der Waals surface area contributed by atoms with Crippen LogP contribution in [0.3, 0.4) is 0 Å². The lowest BCUT2D eigenvalue weighted by Gasteiger charge is -2.09. The number of ether oxygens (including phenoxy) is 1. The van der Waals surface area contributed by atoms with E-state index in [0.29, 0.717) is 24.1 Å². The van der Waals surface area contributed by atoms with Crippen molar-refractivity contribution in [1.29, 1.82) is 5.26 Å². The summed E-state index contributed by atoms with van der Waals surface area (Å²) in [6.07, 6.45) is 4.18. The second-order valence-corrected chi connectivity index (χ2v) is 4.49. The zero-order chi connectivity index (χ0) is 14.5. The molecule has 0 amide bonds. The quantitative estimate of drug-likeness (QED) is 0.783. The van der Waals surface area contributed by atoms with E-state index in [1.54, 1.807) is 25.3 Å². The van der Waals surface area contributed by atoms with Gasteiger partial charge in [0.25, 0.3) is 0 Å². The van der Waals surface area contributed by atoms with Crippen molar-refractivity contribution in [2.45, 2.75) is 19.9 Å². The van der Waals surface area contributed by atoms with E-state index in [0.717, 1.165) is 11.3 Å². The first-order valence-corrected chi connectivity index (χ1v) is 6.44. The highest BCUT2D eigenvalue weighted by atomic mass is 16.5. The first kappa shape index (κ1) is 13.9. The van der Waals surface area contributed by atoms with Crippen LogP contribution in [0.5, 0.6) is 5.75 Å². The molecular weight excluding hydrogens is 252 g/mol. The van der Waals surface area contributed by atoms with Crippen LogP contribution in [0.25, 0.3) is 0 Å². The zero-order valence-electron chi connectivity index (χ0n) is 11.6. The molecule has 0 saturated heterocycles. The molecule has 20 heavy (non-hydrogen) atoms. The van der Waals surface area contributed by atoms with Gasteiger partial charge in [0.1, 0.15) is 5.75 Å². The van der Waals surface area contributed by atoms with E-state index in [1.165, 1.54) is 0 Å². The van der Waals surface area contributed by atoms with Crippen molar-refractivity contribution in [2.75, 3.05) is 7.11 Å². The van der Waals surface area contributed by atoms with E-state index >= 15 is 0 Å². The van der Waals surface area contributed by atoms with Crippen LogP contribution >= 0.6 is 0 Å². The van der Waals surface area contributed by atoms with E-state index < -0.39 is 0 Å². The molecule has 0 bridgehead atoms. The van der Waals surface area contributed by atoms with Crippen molar-refractivity contribution in [3.8, 4) is 11.8 Å². The number of carbonyl (C=O) groups excluding carboxylic acids is 1. The molecule has 0 unspecified atom stereocenters. The Hall–Kier alpha value is -2.54. The fourth-order valence-corrected chi connectivity index (χ4v) is 2.08. The Bertz CT molecular complexity index is 665. The lowest BCUT2D eigenvalue weighted by Crippen LogP contribution is -2.01. The maximum absolute atomic E-state index is 11.6. The summed E-state index contributed by atoms with van der Waals surface area (Å²) in [5.74, 6) is 0.863. The first-order valence-electron chi connectivity index (χ1n) is 6.44. The van der Waals surface area contributed by atoms with Crippen molar-refractivity contribution in [1.82, 2.24) is 4.57 Å². The minimum Gasteiger partial charge on any atom is -0.496 e. The number of Topliss-reactive ketones (excluding diaryl/α,β-unsaturated/α-hetero) is 1. The van der Waals surface area contributed by atoms with Crippen molar-refractivity contribution >= 4 is 5.78 Å². The van der Waals surface area contributed by atoms with Gasteiger partial charge in [0.05, 0.1) is 25.3 Å². The number of methoxy groups -OCH3 is 1. The van der Waals surface area contributed by atoms with Gasteiger partial charge in [0, 0.05) is 29.9 Å². The molecule has 0 aliphatic rings. The Morgan fingerprint density at radius 1 is 1.40 bits per heavy atom. The third-order valence-corrected chi connectivity index (χ3v) is 3.16. The predicted molar refractivity (Wildman–Crippen MR) is 75.9 cm³/mol. The first-order chi connectivity index (χ1) is 9.67. The smallest absolute Gasteiger partial charge is 0.164 e. The number of ketones is 1. The summed E-state index contributed by atoms with van der Waals surface area (Å²) >= 11 is 0. The van der Waals surface area contributed by atoms with Crippen molar-refractivity contribution in [3.63, 3.8) is 0 Å². The highest BCUT2D eigenvalue weighted by Crippen LogP contribution is 2.21. The SMILES string of the molecule is CCC(=O)c1ccn(Cc2cc(C#N)ccc2OC)c1. The molecule has 0 saturated carbocycles. The molecule has 4 nitrogen and oxygen atoms in total. The lowest BCUT2D eigenvalue weighted by molar-refractivity contribution is 0.0988. The standard InChI is InChI=1S/C16H16N2O2/c1-3-15(19)13-6-7-18(10-13)11-14-8-12(9-17)4-5-16(14)20-2/h4-8,10H,3,11H2,1-2H3. The maximum Gasteiger partial charge on any atom is 0.164 e. The average molecular weight is 268 g/mol. The molecule has 4 heteroatoms. The summed E-state index contributed by atoms with van der Waals surface area (Å²) in [6.45, 7) is 2.41. The molecule has 1 aromatic heterocycles. The van der Waals surface area contributed by atoms with Gasteiger partial charge in [-0.2, -0.15) is 5.26 Å². The summed E-state index contributed by atoms with van der Waals surface area (Å²) in [5, 5.41) is 8.96. The van der Waals surface area contributed by atoms with Gasteiger partial charge in [-0.3, -0.25) is 4.79 Å². The molecule has 1 aromatic carbocycles. The number of nitrogens with zero attached hydrogens (tertiary/aromatic N) is 2. The van der Waals surface area contributed by atoms with Gasteiger partial charge >= 0.3 is 0 Å². The van der Waals surface area contributed by atoms with Gasteiger partial charge in [-0.25, -0.2) is 0 Å². The van der Waals surface area contributed by atoms with Gasteiger partial charge in [-0.15, -0.1) is 0 Å². The van der Waals surface area contributed by atoms with E-state index in [-0.39, 0.29) is 5.78 Å². The van der Waals surface area contributed by atoms with Crippen molar-refractivity contribution in [2.24, 2.45) is 0 Å². The van der Waals surface area contributed by atoms with Crippen molar-refractivity contribution < 1.29 is 9.53 Å². The fourth-order valence-electron chi connectivity index (χ4n) is 2.08. The third kappa shape index (κ3) is 2.89. The summed E-state index contributed by atoms with van der Waals surface area (Å²) in [6, 6.07) is 9.25. The van der Waals surface area contributed by atoms with E-state index in [1.807, 2.05) is 30.0 Å². The van der Waals surface area contributed by atoms with Gasteiger partial charge in [0.2, 0.25) is 0 Å². The molecule has 0 radical (unpaired) electrons. The van der Waals surface area contributed by atoms with Gasteiger partial charge in [-0.1, -0.05) is 6.92 Å². The molecule has 0 spiro atoms. The predicted octanol–water partition coefficient (Wildman–Crippen LogP) is 3.01. The Morgan fingerprint density at radius 3 is 2.85 bits per heavy atom. The highest BCUT2D eigenvalue weighted by Gasteiger charge is 2.08. The number of aromatic nitrogens is 1. The largest absolute Gasteiger partial charge is 0.496 e. The number of rotatable bonds is 5. The summed E-state index contributed by atoms with van der Waals surface area (Å²) in [7, 11) is 1.60. The number of nitriles is 1. The summed E-state index contributed by atoms with van der Waals surface area (Å²) < 4.78 is 7.22. The Labute approximate surface area is 118 Å². The minimum atomic E-state index is 0.126. The molecule has 0 aliphatic heterocycles. The highest BCUT2D eigenvalue weighted by molar-refractivity contribution is 5.95. The molecule has 2 aromatic rings. The Balaban J connectivity index is 2.27. The second kappa shape index (κ2) is 6.07. The van der Waals surface area contributed by atoms with Crippen LogP contribution in [0, 0.1) is 11.3 Å². The van der Waals surface area contributed by atoms with Crippen LogP contribution in [-0.2, 0) is 6.54 Å². The maximum atomic E-state index is 11.6. The number of carbonyl (C=O) groups is 1. The van der Waals surface area contributed by atoms with Crippen LogP contribution in [-0.4, -0.2) is 17.5 Å². The van der Waals surface area contributed by atoms with Crippen LogP contribution < -0.4 is 4.74 Å². The summed E-state index contributed by atoms with van der Waals surface area (Å²) in [4.78, 5) is 11.6. The van der Waals surface area contributed by atoms with Crippen molar-refractivity contribution in [3.05, 3.63) is 53.3 Å². The molecular formula is C16H16N2O2. The normalized spacial score (nSPS) is 10.1. The average Bonchev–Trinajstić information content (AvgIpc) is 2.94. The van der Waals surface area contributed by atoms with Crippen LogP contribution in [0.4, 0.5) is 0 Å². The Kier molecular flexibility index (Phi) is 4.21. The molecule has 0 aliphatic carbocycles. The number of benzene rings is 1. The van der Waals surface area contributed by atoms with Crippen LogP contribution in [0.1, 0.15) is 34.8 Å². The second-order valence-electron chi connectivity index (χ2n) is 4.49. The number of hydrogen-bond donors (Lipinski definition) is 0. The topological polar surface area (TPSA) is 55.0 Å². The molecule has 0 atom stereocenters. The molecule has 102 valence electrons.